The fourth-order valence-electron chi connectivity index (χ4n) is 2.80. The molecule has 4 aromatic rings. The first-order chi connectivity index (χ1) is 14.7. The Morgan fingerprint density at radius 2 is 1.90 bits per heavy atom. The highest BCUT2D eigenvalue weighted by Crippen LogP contribution is 2.27. The van der Waals surface area contributed by atoms with Gasteiger partial charge in [-0.15, -0.1) is 5.10 Å². The summed E-state index contributed by atoms with van der Waals surface area (Å²) >= 11 is 1.34. The van der Waals surface area contributed by atoms with Crippen LogP contribution in [-0.2, 0) is 5.75 Å². The van der Waals surface area contributed by atoms with E-state index in [0.717, 1.165) is 5.56 Å². The van der Waals surface area contributed by atoms with Gasteiger partial charge in [0.2, 0.25) is 0 Å². The van der Waals surface area contributed by atoms with E-state index in [2.05, 4.69) is 15.1 Å². The standard InChI is InChI=1S/C22H17FN4O2S/c1-29-19-7-3-2-6-18(19)21(28)27-22(30-14-15-8-10-17(23)11-9-15)25-20(26-27)16-5-4-12-24-13-16/h2-13H,14H2,1H3. The number of carbonyl (C=O) groups excluding carboxylic acids is 1. The Labute approximate surface area is 176 Å². The summed E-state index contributed by atoms with van der Waals surface area (Å²) in [6, 6.07) is 16.8. The summed E-state index contributed by atoms with van der Waals surface area (Å²) in [5, 5.41) is 4.86. The summed E-state index contributed by atoms with van der Waals surface area (Å²) in [5.74, 6) is 0.710. The third kappa shape index (κ3) is 4.23. The molecule has 0 N–H and O–H groups in total. The second-order valence-electron chi connectivity index (χ2n) is 6.29. The van der Waals surface area contributed by atoms with Crippen LogP contribution in [0.25, 0.3) is 11.4 Å². The van der Waals surface area contributed by atoms with Crippen molar-refractivity contribution in [3.05, 3.63) is 90.0 Å². The average molecular weight is 420 g/mol. The molecule has 0 aliphatic carbocycles. The van der Waals surface area contributed by atoms with Crippen molar-refractivity contribution in [2.24, 2.45) is 0 Å². The Balaban J connectivity index is 1.70. The van der Waals surface area contributed by atoms with Crippen molar-refractivity contribution >= 4 is 17.7 Å². The maximum Gasteiger partial charge on any atom is 0.284 e. The molecule has 2 heterocycles. The Morgan fingerprint density at radius 3 is 2.63 bits per heavy atom. The SMILES string of the molecule is COc1ccccc1C(=O)n1nc(-c2cccnc2)nc1SCc1ccc(F)cc1. The molecule has 0 unspecified atom stereocenters. The zero-order chi connectivity index (χ0) is 20.9. The predicted molar refractivity (Wildman–Crippen MR) is 112 cm³/mol. The van der Waals surface area contributed by atoms with Gasteiger partial charge in [0.1, 0.15) is 11.6 Å². The van der Waals surface area contributed by atoms with Gasteiger partial charge in [-0.05, 0) is 42.0 Å². The number of nitrogens with zero attached hydrogens (tertiary/aromatic N) is 4. The largest absolute Gasteiger partial charge is 0.496 e. The summed E-state index contributed by atoms with van der Waals surface area (Å²) in [7, 11) is 1.51. The number of ether oxygens (including phenoxy) is 1. The molecular weight excluding hydrogens is 403 g/mol. The van der Waals surface area contributed by atoms with Gasteiger partial charge in [0.25, 0.3) is 5.91 Å². The summed E-state index contributed by atoms with van der Waals surface area (Å²) in [5.41, 5.74) is 1.99. The minimum atomic E-state index is -0.350. The zero-order valence-electron chi connectivity index (χ0n) is 16.0. The Hall–Kier alpha value is -3.52. The van der Waals surface area contributed by atoms with E-state index in [4.69, 9.17) is 4.74 Å². The normalized spacial score (nSPS) is 10.7. The minimum absolute atomic E-state index is 0.294. The Morgan fingerprint density at radius 1 is 1.10 bits per heavy atom. The molecule has 0 fully saturated rings. The number of aromatic nitrogens is 4. The molecule has 0 aliphatic rings. The number of thioether (sulfide) groups is 1. The highest BCUT2D eigenvalue weighted by Gasteiger charge is 2.21. The van der Waals surface area contributed by atoms with Crippen LogP contribution < -0.4 is 4.74 Å². The maximum atomic E-state index is 13.2. The number of hydrogen-bond donors (Lipinski definition) is 0. The van der Waals surface area contributed by atoms with Gasteiger partial charge in [-0.25, -0.2) is 9.37 Å². The van der Waals surface area contributed by atoms with Gasteiger partial charge in [-0.3, -0.25) is 9.78 Å². The van der Waals surface area contributed by atoms with Gasteiger partial charge < -0.3 is 4.74 Å². The molecular formula is C22H17FN4O2S. The molecule has 6 nitrogen and oxygen atoms in total. The van der Waals surface area contributed by atoms with Crippen molar-refractivity contribution < 1.29 is 13.9 Å². The van der Waals surface area contributed by atoms with Gasteiger partial charge in [0.15, 0.2) is 11.0 Å². The Kier molecular flexibility index (Phi) is 5.85. The third-order valence-corrected chi connectivity index (χ3v) is 5.31. The average Bonchev–Trinajstić information content (AvgIpc) is 3.23. The van der Waals surface area contributed by atoms with Crippen molar-refractivity contribution in [2.75, 3.05) is 7.11 Å². The van der Waals surface area contributed by atoms with Gasteiger partial charge in [-0.2, -0.15) is 4.68 Å². The molecule has 4 rings (SSSR count). The van der Waals surface area contributed by atoms with E-state index < -0.39 is 0 Å². The van der Waals surface area contributed by atoms with Crippen molar-refractivity contribution in [1.82, 2.24) is 19.7 Å². The van der Waals surface area contributed by atoms with Crippen LogP contribution in [0.1, 0.15) is 15.9 Å². The van der Waals surface area contributed by atoms with Gasteiger partial charge in [-0.1, -0.05) is 36.0 Å². The lowest BCUT2D eigenvalue weighted by molar-refractivity contribution is 0.0930. The summed E-state index contributed by atoms with van der Waals surface area (Å²) in [6.45, 7) is 0. The lowest BCUT2D eigenvalue weighted by Crippen LogP contribution is -2.16. The lowest BCUT2D eigenvalue weighted by Gasteiger charge is -2.08. The van der Waals surface area contributed by atoms with E-state index >= 15 is 0 Å². The molecule has 30 heavy (non-hydrogen) atoms. The monoisotopic (exact) mass is 420 g/mol. The number of methoxy groups -OCH3 is 1. The molecule has 0 saturated carbocycles. The number of carbonyl (C=O) groups is 1. The topological polar surface area (TPSA) is 69.9 Å². The lowest BCUT2D eigenvalue weighted by atomic mass is 10.2. The van der Waals surface area contributed by atoms with E-state index in [9.17, 15) is 9.18 Å². The number of rotatable bonds is 6. The first-order valence-corrected chi connectivity index (χ1v) is 10.1. The molecule has 0 bridgehead atoms. The van der Waals surface area contributed by atoms with Crippen molar-refractivity contribution in [1.29, 1.82) is 0 Å². The summed E-state index contributed by atoms with van der Waals surface area (Å²) < 4.78 is 19.8. The second-order valence-corrected chi connectivity index (χ2v) is 7.23. The molecule has 8 heteroatoms. The quantitative estimate of drug-likeness (QED) is 0.429. The fraction of sp³-hybridized carbons (Fsp3) is 0.0909. The molecule has 0 amide bonds. The highest BCUT2D eigenvalue weighted by molar-refractivity contribution is 7.98. The second kappa shape index (κ2) is 8.87. The van der Waals surface area contributed by atoms with Crippen LogP contribution in [0.15, 0.2) is 78.2 Å². The number of pyridine rings is 1. The smallest absolute Gasteiger partial charge is 0.284 e. The Bertz CT molecular complexity index is 1160. The summed E-state index contributed by atoms with van der Waals surface area (Å²) in [4.78, 5) is 21.9. The number of halogens is 1. The van der Waals surface area contributed by atoms with E-state index in [0.29, 0.717) is 33.6 Å². The first-order valence-electron chi connectivity index (χ1n) is 9.08. The van der Waals surface area contributed by atoms with Crippen LogP contribution in [0, 0.1) is 5.82 Å². The van der Waals surface area contributed by atoms with Crippen LogP contribution in [0.4, 0.5) is 4.39 Å². The van der Waals surface area contributed by atoms with Gasteiger partial charge >= 0.3 is 0 Å². The predicted octanol–water partition coefficient (Wildman–Crippen LogP) is 4.47. The molecule has 2 aromatic carbocycles. The number of hydrogen-bond acceptors (Lipinski definition) is 6. The third-order valence-electron chi connectivity index (χ3n) is 4.31. The van der Waals surface area contributed by atoms with Crippen molar-refractivity contribution in [3.8, 4) is 17.1 Å². The van der Waals surface area contributed by atoms with Crippen LogP contribution >= 0.6 is 11.8 Å². The fourth-order valence-corrected chi connectivity index (χ4v) is 3.69. The summed E-state index contributed by atoms with van der Waals surface area (Å²) in [6.07, 6.45) is 3.30. The van der Waals surface area contributed by atoms with Gasteiger partial charge in [0, 0.05) is 23.7 Å². The minimum Gasteiger partial charge on any atom is -0.496 e. The van der Waals surface area contributed by atoms with Crippen molar-refractivity contribution in [2.45, 2.75) is 10.9 Å². The first kappa shape index (κ1) is 19.8. The number of benzene rings is 2. The maximum absolute atomic E-state index is 13.2. The number of para-hydroxylation sites is 1. The van der Waals surface area contributed by atoms with E-state index in [1.807, 2.05) is 6.07 Å². The zero-order valence-corrected chi connectivity index (χ0v) is 16.8. The molecule has 0 spiro atoms. The van der Waals surface area contributed by atoms with E-state index in [-0.39, 0.29) is 11.7 Å². The van der Waals surface area contributed by atoms with E-state index in [1.165, 1.54) is 35.7 Å². The van der Waals surface area contributed by atoms with Crippen LogP contribution in [0.5, 0.6) is 5.75 Å². The highest BCUT2D eigenvalue weighted by atomic mass is 32.2. The molecule has 0 saturated heterocycles. The van der Waals surface area contributed by atoms with Crippen LogP contribution in [-0.4, -0.2) is 32.8 Å². The van der Waals surface area contributed by atoms with Crippen LogP contribution in [0.2, 0.25) is 0 Å². The molecule has 0 atom stereocenters. The molecule has 0 radical (unpaired) electrons. The van der Waals surface area contributed by atoms with Crippen molar-refractivity contribution in [3.63, 3.8) is 0 Å². The molecule has 2 aromatic heterocycles. The van der Waals surface area contributed by atoms with E-state index in [1.54, 1.807) is 54.9 Å². The molecule has 0 aliphatic heterocycles. The van der Waals surface area contributed by atoms with Gasteiger partial charge in [0.05, 0.1) is 12.7 Å². The van der Waals surface area contributed by atoms with Crippen LogP contribution in [0.3, 0.4) is 0 Å². The molecule has 150 valence electrons.